The van der Waals surface area contributed by atoms with Gasteiger partial charge in [0, 0.05) is 10.9 Å². The smallest absolute Gasteiger partial charge is 0.261 e. The van der Waals surface area contributed by atoms with Gasteiger partial charge in [0.2, 0.25) is 0 Å². The van der Waals surface area contributed by atoms with Gasteiger partial charge in [-0.3, -0.25) is 4.79 Å². The summed E-state index contributed by atoms with van der Waals surface area (Å²) in [6, 6.07) is 2.48. The molecule has 1 aromatic rings. The highest BCUT2D eigenvalue weighted by molar-refractivity contribution is 7.14. The normalized spacial score (nSPS) is 26.5. The first-order chi connectivity index (χ1) is 10.2. The Morgan fingerprint density at radius 2 is 2.10 bits per heavy atom. The number of hydrogen-bond donors (Lipinski definition) is 2. The Morgan fingerprint density at radius 1 is 1.29 bits per heavy atom. The Bertz CT molecular complexity index is 471. The van der Waals surface area contributed by atoms with Crippen LogP contribution in [0, 0.1) is 5.92 Å². The molecule has 1 fully saturated rings. The van der Waals surface area contributed by atoms with Crippen molar-refractivity contribution in [2.45, 2.75) is 57.9 Å². The topological polar surface area (TPSA) is 41.1 Å². The highest BCUT2D eigenvalue weighted by Gasteiger charge is 2.24. The summed E-state index contributed by atoms with van der Waals surface area (Å²) in [4.78, 5) is 14.9. The van der Waals surface area contributed by atoms with Crippen molar-refractivity contribution >= 4 is 17.2 Å². The summed E-state index contributed by atoms with van der Waals surface area (Å²) in [5.41, 5.74) is 1.43. The van der Waals surface area contributed by atoms with Crippen LogP contribution in [0.3, 0.4) is 0 Å². The summed E-state index contributed by atoms with van der Waals surface area (Å²) in [6.45, 7) is 4.23. The van der Waals surface area contributed by atoms with Crippen LogP contribution in [0.15, 0.2) is 6.07 Å². The molecule has 2 unspecified atom stereocenters. The summed E-state index contributed by atoms with van der Waals surface area (Å²) in [6.07, 6.45) is 8.59. The van der Waals surface area contributed by atoms with Crippen LogP contribution in [0.5, 0.6) is 0 Å². The SMILES string of the molecule is CC1CNCCC1NC(=O)c1cc2c(s1)CCCCCC2. The second-order valence-electron chi connectivity index (χ2n) is 6.52. The Hall–Kier alpha value is -0.870. The van der Waals surface area contributed by atoms with Gasteiger partial charge in [0.05, 0.1) is 4.88 Å². The number of piperidine rings is 1. The van der Waals surface area contributed by atoms with Gasteiger partial charge in [-0.25, -0.2) is 0 Å². The maximum absolute atomic E-state index is 12.5. The number of aryl methyl sites for hydroxylation is 2. The number of carbonyl (C=O) groups excluding carboxylic acids is 1. The zero-order valence-corrected chi connectivity index (χ0v) is 13.7. The number of carbonyl (C=O) groups is 1. The van der Waals surface area contributed by atoms with Gasteiger partial charge in [-0.15, -0.1) is 11.3 Å². The number of amides is 1. The number of fused-ring (bicyclic) bond motifs is 1. The summed E-state index contributed by atoms with van der Waals surface area (Å²) in [5.74, 6) is 0.661. The third-order valence-electron chi connectivity index (χ3n) is 4.82. The van der Waals surface area contributed by atoms with E-state index in [-0.39, 0.29) is 5.91 Å². The minimum absolute atomic E-state index is 0.144. The van der Waals surface area contributed by atoms with E-state index in [1.807, 2.05) is 0 Å². The maximum atomic E-state index is 12.5. The second kappa shape index (κ2) is 6.93. The standard InChI is InChI=1S/C17H26N2OS/c1-12-11-18-9-8-14(12)19-17(20)16-10-13-6-4-2-3-5-7-15(13)21-16/h10,12,14,18H,2-9,11H2,1H3,(H,19,20). The molecule has 0 spiro atoms. The molecule has 0 saturated carbocycles. The van der Waals surface area contributed by atoms with Crippen LogP contribution >= 0.6 is 11.3 Å². The van der Waals surface area contributed by atoms with E-state index in [9.17, 15) is 4.79 Å². The Labute approximate surface area is 131 Å². The van der Waals surface area contributed by atoms with E-state index >= 15 is 0 Å². The fourth-order valence-corrected chi connectivity index (χ4v) is 4.58. The van der Waals surface area contributed by atoms with E-state index in [4.69, 9.17) is 0 Å². The molecule has 21 heavy (non-hydrogen) atoms. The van der Waals surface area contributed by atoms with E-state index in [1.54, 1.807) is 11.3 Å². The van der Waals surface area contributed by atoms with Gasteiger partial charge >= 0.3 is 0 Å². The summed E-state index contributed by atoms with van der Waals surface area (Å²) in [7, 11) is 0. The van der Waals surface area contributed by atoms with Crippen molar-refractivity contribution in [3.8, 4) is 0 Å². The molecule has 116 valence electrons. The van der Waals surface area contributed by atoms with Crippen LogP contribution in [-0.4, -0.2) is 25.0 Å². The second-order valence-corrected chi connectivity index (χ2v) is 7.66. The van der Waals surface area contributed by atoms with Gasteiger partial charge in [-0.1, -0.05) is 19.8 Å². The fourth-order valence-electron chi connectivity index (χ4n) is 3.42. The first-order valence-corrected chi connectivity index (χ1v) is 9.19. The predicted molar refractivity (Wildman–Crippen MR) is 88.1 cm³/mol. The van der Waals surface area contributed by atoms with Gasteiger partial charge < -0.3 is 10.6 Å². The highest BCUT2D eigenvalue weighted by Crippen LogP contribution is 2.28. The highest BCUT2D eigenvalue weighted by atomic mass is 32.1. The maximum Gasteiger partial charge on any atom is 0.261 e. The van der Waals surface area contributed by atoms with Crippen molar-refractivity contribution < 1.29 is 4.79 Å². The molecule has 0 aromatic carbocycles. The number of nitrogens with one attached hydrogen (secondary N) is 2. The van der Waals surface area contributed by atoms with Crippen LogP contribution in [0.25, 0.3) is 0 Å². The van der Waals surface area contributed by atoms with Gasteiger partial charge in [-0.2, -0.15) is 0 Å². The van der Waals surface area contributed by atoms with Gasteiger partial charge in [0.1, 0.15) is 0 Å². The van der Waals surface area contributed by atoms with Crippen LogP contribution in [0.2, 0.25) is 0 Å². The third-order valence-corrected chi connectivity index (χ3v) is 6.06. The van der Waals surface area contributed by atoms with Gasteiger partial charge in [0.25, 0.3) is 5.91 Å². The van der Waals surface area contributed by atoms with Crippen LogP contribution in [0.1, 0.15) is 59.1 Å². The van der Waals surface area contributed by atoms with Gasteiger partial charge in [-0.05, 0) is 62.7 Å². The van der Waals surface area contributed by atoms with Crippen molar-refractivity contribution in [3.05, 3.63) is 21.4 Å². The third kappa shape index (κ3) is 3.67. The Kier molecular flexibility index (Phi) is 4.96. The molecular weight excluding hydrogens is 280 g/mol. The van der Waals surface area contributed by atoms with Crippen molar-refractivity contribution in [2.75, 3.05) is 13.1 Å². The molecule has 2 heterocycles. The molecule has 2 aliphatic rings. The molecule has 1 aliphatic carbocycles. The zero-order valence-electron chi connectivity index (χ0n) is 12.9. The monoisotopic (exact) mass is 306 g/mol. The molecule has 3 nitrogen and oxygen atoms in total. The van der Waals surface area contributed by atoms with Crippen molar-refractivity contribution in [3.63, 3.8) is 0 Å². The molecule has 3 rings (SSSR count). The lowest BCUT2D eigenvalue weighted by Gasteiger charge is -2.30. The molecule has 0 radical (unpaired) electrons. The van der Waals surface area contributed by atoms with E-state index in [1.165, 1.54) is 36.1 Å². The van der Waals surface area contributed by atoms with Gasteiger partial charge in [0.15, 0.2) is 0 Å². The summed E-state index contributed by atoms with van der Waals surface area (Å²) < 4.78 is 0. The molecule has 0 bridgehead atoms. The minimum atomic E-state index is 0.144. The molecule has 1 aliphatic heterocycles. The van der Waals surface area contributed by atoms with Crippen molar-refractivity contribution in [2.24, 2.45) is 5.92 Å². The molecule has 1 aromatic heterocycles. The van der Waals surface area contributed by atoms with E-state index < -0.39 is 0 Å². The molecule has 2 atom stereocenters. The quantitative estimate of drug-likeness (QED) is 0.881. The van der Waals surface area contributed by atoms with Crippen LogP contribution in [-0.2, 0) is 12.8 Å². The van der Waals surface area contributed by atoms with E-state index in [0.717, 1.165) is 37.2 Å². The molecule has 4 heteroatoms. The Morgan fingerprint density at radius 3 is 2.90 bits per heavy atom. The Balaban J connectivity index is 1.68. The summed E-state index contributed by atoms with van der Waals surface area (Å²) in [5, 5.41) is 6.64. The minimum Gasteiger partial charge on any atom is -0.348 e. The van der Waals surface area contributed by atoms with Crippen molar-refractivity contribution in [1.82, 2.24) is 10.6 Å². The largest absolute Gasteiger partial charge is 0.348 e. The molecular formula is C17H26N2OS. The van der Waals surface area contributed by atoms with Crippen LogP contribution < -0.4 is 10.6 Å². The van der Waals surface area contributed by atoms with Crippen LogP contribution in [0.4, 0.5) is 0 Å². The lowest BCUT2D eigenvalue weighted by Crippen LogP contribution is -2.48. The van der Waals surface area contributed by atoms with E-state index in [0.29, 0.717) is 12.0 Å². The molecule has 2 N–H and O–H groups in total. The summed E-state index contributed by atoms with van der Waals surface area (Å²) >= 11 is 1.73. The number of hydrogen-bond acceptors (Lipinski definition) is 3. The van der Waals surface area contributed by atoms with E-state index in [2.05, 4.69) is 23.6 Å². The molecule has 1 amide bonds. The number of thiophene rings is 1. The number of rotatable bonds is 2. The molecule has 1 saturated heterocycles. The lowest BCUT2D eigenvalue weighted by atomic mass is 9.95. The fraction of sp³-hybridized carbons (Fsp3) is 0.706. The van der Waals surface area contributed by atoms with Crippen molar-refractivity contribution in [1.29, 1.82) is 0 Å². The average molecular weight is 306 g/mol. The predicted octanol–water partition coefficient (Wildman–Crippen LogP) is 3.13. The first kappa shape index (κ1) is 15.0. The zero-order chi connectivity index (χ0) is 14.7. The lowest BCUT2D eigenvalue weighted by molar-refractivity contribution is 0.0918. The first-order valence-electron chi connectivity index (χ1n) is 8.37. The average Bonchev–Trinajstić information content (AvgIpc) is 2.84.